The first kappa shape index (κ1) is 12.7. The van der Waals surface area contributed by atoms with Crippen LogP contribution in [-0.2, 0) is 0 Å². The zero-order valence-electron chi connectivity index (χ0n) is 9.56. The van der Waals surface area contributed by atoms with E-state index < -0.39 is 0 Å². The third-order valence-corrected chi connectivity index (χ3v) is 5.21. The molecular weight excluding hydrogens is 174 g/mol. The fourth-order valence-corrected chi connectivity index (χ4v) is 5.01. The molecule has 0 rings (SSSR count). The Morgan fingerprint density at radius 2 is 1.77 bits per heavy atom. The first-order chi connectivity index (χ1) is 6.08. The lowest BCUT2D eigenvalue weighted by Crippen LogP contribution is -2.19. The minimum Gasteiger partial charge on any atom is -0.198 e. The summed E-state index contributed by atoms with van der Waals surface area (Å²) in [5.74, 6) is 0. The molecule has 0 aromatic carbocycles. The number of hydrogen-bond donors (Lipinski definition) is 0. The van der Waals surface area contributed by atoms with Crippen LogP contribution in [-0.4, -0.2) is 9.52 Å². The van der Waals surface area contributed by atoms with Crippen molar-refractivity contribution in [3.05, 3.63) is 0 Å². The van der Waals surface area contributed by atoms with Crippen LogP contribution in [0.5, 0.6) is 0 Å². The molecule has 1 atom stereocenters. The van der Waals surface area contributed by atoms with Crippen LogP contribution in [0.15, 0.2) is 0 Å². The second-order valence-electron chi connectivity index (χ2n) is 4.54. The molecule has 2 heteroatoms. The van der Waals surface area contributed by atoms with E-state index in [9.17, 15) is 0 Å². The predicted molar refractivity (Wildman–Crippen MR) is 61.8 cm³/mol. The van der Waals surface area contributed by atoms with Crippen molar-refractivity contribution >= 4 is 9.52 Å². The van der Waals surface area contributed by atoms with E-state index in [0.717, 1.165) is 0 Å². The minimum atomic E-state index is -0.230. The summed E-state index contributed by atoms with van der Waals surface area (Å²) in [4.78, 5) is 0. The normalized spacial score (nSPS) is 14.7. The molecule has 0 aliphatic rings. The lowest BCUT2D eigenvalue weighted by atomic mass is 9.99. The molecule has 0 saturated carbocycles. The highest BCUT2D eigenvalue weighted by Gasteiger charge is 2.25. The van der Waals surface area contributed by atoms with E-state index >= 15 is 0 Å². The van der Waals surface area contributed by atoms with Crippen LogP contribution in [0, 0.1) is 11.3 Å². The van der Waals surface area contributed by atoms with Gasteiger partial charge >= 0.3 is 0 Å². The van der Waals surface area contributed by atoms with Gasteiger partial charge in [0.25, 0.3) is 0 Å². The molecule has 0 radical (unpaired) electrons. The van der Waals surface area contributed by atoms with Crippen molar-refractivity contribution in [2.24, 2.45) is 0 Å². The van der Waals surface area contributed by atoms with Gasteiger partial charge in [-0.25, -0.2) is 0 Å². The molecule has 0 heterocycles. The van der Waals surface area contributed by atoms with Crippen LogP contribution in [0.3, 0.4) is 0 Å². The largest absolute Gasteiger partial charge is 0.198 e. The van der Waals surface area contributed by atoms with E-state index in [0.29, 0.717) is 10.6 Å². The van der Waals surface area contributed by atoms with Gasteiger partial charge in [-0.05, 0) is 5.04 Å². The van der Waals surface area contributed by atoms with Gasteiger partial charge in [0.15, 0.2) is 0 Å². The molecule has 13 heavy (non-hydrogen) atoms. The summed E-state index contributed by atoms with van der Waals surface area (Å²) in [6, 6.07) is 2.40. The smallest absolute Gasteiger partial charge is 0.0614 e. The Morgan fingerprint density at radius 1 is 1.31 bits per heavy atom. The summed E-state index contributed by atoms with van der Waals surface area (Å²) in [7, 11) is -0.230. The minimum absolute atomic E-state index is 0.230. The van der Waals surface area contributed by atoms with Gasteiger partial charge in [0.2, 0.25) is 0 Å². The second-order valence-corrected chi connectivity index (χ2v) is 7.89. The summed E-state index contributed by atoms with van der Waals surface area (Å²) in [5.41, 5.74) is 0.350. The van der Waals surface area contributed by atoms with E-state index in [2.05, 4.69) is 33.8 Å². The lowest BCUT2D eigenvalue weighted by Gasteiger charge is -2.29. The van der Waals surface area contributed by atoms with Gasteiger partial charge in [0.05, 0.1) is 6.07 Å². The molecule has 0 spiro atoms. The molecule has 0 aliphatic carbocycles. The van der Waals surface area contributed by atoms with E-state index in [-0.39, 0.29) is 9.52 Å². The Labute approximate surface area is 85.4 Å². The predicted octanol–water partition coefficient (Wildman–Crippen LogP) is 3.27. The SMILES string of the molecule is CCCC(C)(CCC)[SiH2]C(C)C#N. The van der Waals surface area contributed by atoms with Gasteiger partial charge in [0.1, 0.15) is 0 Å². The summed E-state index contributed by atoms with van der Waals surface area (Å²) in [6.45, 7) is 8.98. The Morgan fingerprint density at radius 3 is 2.08 bits per heavy atom. The zero-order chi connectivity index (χ0) is 10.3. The molecule has 0 N–H and O–H groups in total. The molecule has 0 fully saturated rings. The average molecular weight is 197 g/mol. The van der Waals surface area contributed by atoms with Gasteiger partial charge < -0.3 is 0 Å². The third-order valence-electron chi connectivity index (χ3n) is 2.73. The van der Waals surface area contributed by atoms with Crippen molar-refractivity contribution in [2.45, 2.75) is 64.0 Å². The maximum absolute atomic E-state index is 8.82. The van der Waals surface area contributed by atoms with Crippen LogP contribution in [0.25, 0.3) is 0 Å². The molecule has 0 aromatic rings. The van der Waals surface area contributed by atoms with Crippen LogP contribution in [0.4, 0.5) is 0 Å². The monoisotopic (exact) mass is 197 g/mol. The van der Waals surface area contributed by atoms with Crippen molar-refractivity contribution in [2.75, 3.05) is 0 Å². The fraction of sp³-hybridized carbons (Fsp3) is 0.909. The van der Waals surface area contributed by atoms with E-state index in [1.165, 1.54) is 25.7 Å². The highest BCUT2D eigenvalue weighted by atomic mass is 28.2. The maximum Gasteiger partial charge on any atom is 0.0614 e. The Kier molecular flexibility index (Phi) is 6.06. The van der Waals surface area contributed by atoms with Crippen molar-refractivity contribution in [3.63, 3.8) is 0 Å². The van der Waals surface area contributed by atoms with Crippen molar-refractivity contribution in [1.82, 2.24) is 0 Å². The summed E-state index contributed by atoms with van der Waals surface area (Å²) in [6.07, 6.45) is 5.17. The highest BCUT2D eigenvalue weighted by molar-refractivity contribution is 6.42. The molecule has 76 valence electrons. The molecule has 0 saturated heterocycles. The Hall–Kier alpha value is -0.293. The molecule has 1 unspecified atom stereocenters. The topological polar surface area (TPSA) is 23.8 Å². The molecule has 0 aliphatic heterocycles. The molecule has 1 nitrogen and oxygen atoms in total. The van der Waals surface area contributed by atoms with Gasteiger partial charge in [-0.3, -0.25) is 0 Å². The van der Waals surface area contributed by atoms with Crippen LogP contribution in [0.2, 0.25) is 10.6 Å². The summed E-state index contributed by atoms with van der Waals surface area (Å²) < 4.78 is 0. The van der Waals surface area contributed by atoms with Gasteiger partial charge in [-0.2, -0.15) is 5.26 Å². The van der Waals surface area contributed by atoms with Gasteiger partial charge in [-0.15, -0.1) is 0 Å². The quantitative estimate of drug-likeness (QED) is 0.600. The van der Waals surface area contributed by atoms with E-state index in [1.807, 2.05) is 0 Å². The third kappa shape index (κ3) is 5.10. The average Bonchev–Trinajstić information content (AvgIpc) is 2.04. The van der Waals surface area contributed by atoms with Crippen molar-refractivity contribution < 1.29 is 0 Å². The highest BCUT2D eigenvalue weighted by Crippen LogP contribution is 2.38. The fourth-order valence-electron chi connectivity index (χ4n) is 2.32. The van der Waals surface area contributed by atoms with Crippen molar-refractivity contribution in [1.29, 1.82) is 5.26 Å². The van der Waals surface area contributed by atoms with Crippen LogP contribution >= 0.6 is 0 Å². The molecule has 0 amide bonds. The Balaban J connectivity index is 4.15. The van der Waals surface area contributed by atoms with Gasteiger partial charge in [-0.1, -0.05) is 53.4 Å². The zero-order valence-corrected chi connectivity index (χ0v) is 11.0. The van der Waals surface area contributed by atoms with Crippen LogP contribution < -0.4 is 0 Å². The maximum atomic E-state index is 8.82. The Bertz CT molecular complexity index is 165. The number of rotatable bonds is 6. The second kappa shape index (κ2) is 6.20. The van der Waals surface area contributed by atoms with E-state index in [1.54, 1.807) is 0 Å². The first-order valence-corrected chi connectivity index (χ1v) is 7.00. The molecule has 0 bridgehead atoms. The number of hydrogen-bond acceptors (Lipinski definition) is 1. The molecular formula is C11H23NSi. The summed E-state index contributed by atoms with van der Waals surface area (Å²) in [5, 5.41) is 9.36. The number of nitrogens with zero attached hydrogens (tertiary/aromatic N) is 1. The van der Waals surface area contributed by atoms with Crippen molar-refractivity contribution in [3.8, 4) is 6.07 Å². The van der Waals surface area contributed by atoms with Crippen LogP contribution in [0.1, 0.15) is 53.4 Å². The first-order valence-electron chi connectivity index (χ1n) is 5.47. The summed E-state index contributed by atoms with van der Waals surface area (Å²) >= 11 is 0. The van der Waals surface area contributed by atoms with Gasteiger partial charge in [0, 0.05) is 15.1 Å². The van der Waals surface area contributed by atoms with E-state index in [4.69, 9.17) is 5.26 Å². The molecule has 0 aromatic heterocycles. The lowest BCUT2D eigenvalue weighted by molar-refractivity contribution is 0.494. The number of nitriles is 1. The standard InChI is InChI=1S/C11H23NSi/c1-5-7-11(4,8-6-2)13-10(3)9-12/h10H,5-8,13H2,1-4H3.